The van der Waals surface area contributed by atoms with Crippen molar-refractivity contribution in [1.82, 2.24) is 0 Å². The van der Waals surface area contributed by atoms with Crippen LogP contribution in [0.5, 0.6) is 0 Å². The van der Waals surface area contributed by atoms with Crippen LogP contribution in [0.25, 0.3) is 54.9 Å². The van der Waals surface area contributed by atoms with Crippen LogP contribution < -0.4 is 9.80 Å². The first-order valence-electron chi connectivity index (χ1n) is 22.6. The van der Waals surface area contributed by atoms with Gasteiger partial charge in [-0.25, -0.2) is 0 Å². The highest BCUT2D eigenvalue weighted by atomic mass is 15.1. The lowest BCUT2D eigenvalue weighted by Gasteiger charge is -2.29. The summed E-state index contributed by atoms with van der Waals surface area (Å²) in [5.41, 5.74) is 15.1. The van der Waals surface area contributed by atoms with Crippen LogP contribution in [0.15, 0.2) is 261 Å². The predicted octanol–water partition coefficient (Wildman–Crippen LogP) is 17.7. The summed E-state index contributed by atoms with van der Waals surface area (Å²) >= 11 is 0. The van der Waals surface area contributed by atoms with Crippen LogP contribution in [-0.4, -0.2) is 0 Å². The average Bonchev–Trinajstić information content (AvgIpc) is 3.38. The molecular formula is C63H48N2. The molecule has 0 amide bonds. The Kier molecular flexibility index (Phi) is 10.5. The van der Waals surface area contributed by atoms with Crippen molar-refractivity contribution in [3.8, 4) is 33.4 Å². The normalized spacial score (nSPS) is 14.4. The Morgan fingerprint density at radius 3 is 1.09 bits per heavy atom. The molecule has 1 aliphatic rings. The molecule has 0 fully saturated rings. The molecule has 1 aliphatic carbocycles. The molecule has 0 N–H and O–H groups in total. The zero-order valence-corrected chi connectivity index (χ0v) is 36.4. The third kappa shape index (κ3) is 7.60. The second kappa shape index (κ2) is 17.2. The fraction of sp³-hybridized carbons (Fsp3) is 0.0476. The van der Waals surface area contributed by atoms with Gasteiger partial charge in [0, 0.05) is 39.5 Å². The third-order valence-electron chi connectivity index (χ3n) is 13.0. The Bertz CT molecular complexity index is 3230. The standard InChI is InChI=1S/C63H48N2/c1-63(42-18-7-19-43-63)50-36-34-49(35-37-50)62-58-41-39-55(64(51-22-10-3-11-23-51)52-24-12-4-13-25-52)44-59(58)61(48-32-30-47(31-33-48)46-20-8-2-9-21-46)57-40-38-56(45-60(57)62)65(53-26-14-5-15-27-53)54-28-16-6-17-29-54/h2-42,44-45H,43H2,1H3. The van der Waals surface area contributed by atoms with Crippen molar-refractivity contribution in [2.75, 3.05) is 9.80 Å². The van der Waals surface area contributed by atoms with Gasteiger partial charge in [-0.3, -0.25) is 0 Å². The molecule has 10 aromatic carbocycles. The number of anilines is 6. The largest absolute Gasteiger partial charge is 0.310 e. The molecule has 1 atom stereocenters. The number of nitrogens with zero attached hydrogens (tertiary/aromatic N) is 2. The minimum Gasteiger partial charge on any atom is -0.310 e. The molecule has 0 saturated heterocycles. The summed E-state index contributed by atoms with van der Waals surface area (Å²) in [5, 5.41) is 4.79. The summed E-state index contributed by atoms with van der Waals surface area (Å²) in [6.45, 7) is 2.34. The average molecular weight is 833 g/mol. The first-order chi connectivity index (χ1) is 32.1. The van der Waals surface area contributed by atoms with Crippen LogP contribution in [0.1, 0.15) is 18.9 Å². The topological polar surface area (TPSA) is 6.48 Å². The smallest absolute Gasteiger partial charge is 0.0468 e. The highest BCUT2D eigenvalue weighted by Gasteiger charge is 2.25. The highest BCUT2D eigenvalue weighted by molar-refractivity contribution is 6.22. The van der Waals surface area contributed by atoms with E-state index in [2.05, 4.69) is 278 Å². The van der Waals surface area contributed by atoms with E-state index in [1.807, 2.05) is 0 Å². The second-order valence-corrected chi connectivity index (χ2v) is 17.2. The van der Waals surface area contributed by atoms with Gasteiger partial charge < -0.3 is 9.80 Å². The number of hydrogen-bond donors (Lipinski definition) is 0. The van der Waals surface area contributed by atoms with Crippen LogP contribution in [-0.2, 0) is 5.41 Å². The van der Waals surface area contributed by atoms with Crippen LogP contribution >= 0.6 is 0 Å². The quantitative estimate of drug-likeness (QED) is 0.127. The molecule has 0 radical (unpaired) electrons. The van der Waals surface area contributed by atoms with Gasteiger partial charge in [0.2, 0.25) is 0 Å². The van der Waals surface area contributed by atoms with Gasteiger partial charge in [0.25, 0.3) is 0 Å². The van der Waals surface area contributed by atoms with Crippen LogP contribution in [0.2, 0.25) is 0 Å². The number of rotatable bonds is 10. The summed E-state index contributed by atoms with van der Waals surface area (Å²) < 4.78 is 0. The van der Waals surface area contributed by atoms with E-state index >= 15 is 0 Å². The maximum atomic E-state index is 2.42. The molecule has 1 unspecified atom stereocenters. The molecule has 0 heterocycles. The lowest BCUT2D eigenvalue weighted by Crippen LogP contribution is -2.19. The predicted molar refractivity (Wildman–Crippen MR) is 277 cm³/mol. The molecule has 2 heteroatoms. The van der Waals surface area contributed by atoms with Gasteiger partial charge in [0.05, 0.1) is 0 Å². The molecule has 11 rings (SSSR count). The lowest BCUT2D eigenvalue weighted by molar-refractivity contribution is 0.600. The fourth-order valence-electron chi connectivity index (χ4n) is 9.73. The maximum Gasteiger partial charge on any atom is 0.0468 e. The zero-order valence-electron chi connectivity index (χ0n) is 36.4. The van der Waals surface area contributed by atoms with Crippen molar-refractivity contribution in [3.05, 3.63) is 266 Å². The van der Waals surface area contributed by atoms with Crippen molar-refractivity contribution in [3.63, 3.8) is 0 Å². The Morgan fingerprint density at radius 2 is 0.692 bits per heavy atom. The molecule has 0 bridgehead atoms. The Morgan fingerprint density at radius 1 is 0.323 bits per heavy atom. The van der Waals surface area contributed by atoms with Crippen LogP contribution in [0, 0.1) is 0 Å². The lowest BCUT2D eigenvalue weighted by atomic mass is 9.77. The first-order valence-corrected chi connectivity index (χ1v) is 22.6. The summed E-state index contributed by atoms with van der Waals surface area (Å²) in [4.78, 5) is 4.74. The first kappa shape index (κ1) is 39.6. The number of benzene rings is 10. The fourth-order valence-corrected chi connectivity index (χ4v) is 9.73. The molecule has 0 aromatic heterocycles. The number of allylic oxidation sites excluding steroid dienone is 4. The number of para-hydroxylation sites is 4. The van der Waals surface area contributed by atoms with Gasteiger partial charge in [-0.05, 0) is 140 Å². The molecule has 0 spiro atoms. The van der Waals surface area contributed by atoms with Crippen molar-refractivity contribution < 1.29 is 0 Å². The van der Waals surface area contributed by atoms with Gasteiger partial charge in [0.1, 0.15) is 0 Å². The Hall–Kier alpha value is -8.20. The van der Waals surface area contributed by atoms with Crippen LogP contribution in [0.4, 0.5) is 34.1 Å². The minimum atomic E-state index is -0.0561. The van der Waals surface area contributed by atoms with Crippen molar-refractivity contribution in [2.24, 2.45) is 0 Å². The van der Waals surface area contributed by atoms with Gasteiger partial charge in [-0.15, -0.1) is 0 Å². The van der Waals surface area contributed by atoms with E-state index in [-0.39, 0.29) is 5.41 Å². The molecule has 2 nitrogen and oxygen atoms in total. The molecule has 10 aromatic rings. The molecule has 310 valence electrons. The van der Waals surface area contributed by atoms with E-state index < -0.39 is 0 Å². The van der Waals surface area contributed by atoms with E-state index in [1.54, 1.807) is 0 Å². The maximum absolute atomic E-state index is 2.42. The third-order valence-corrected chi connectivity index (χ3v) is 13.0. The van der Waals surface area contributed by atoms with Gasteiger partial charge in [-0.2, -0.15) is 0 Å². The SMILES string of the molecule is CC1(c2ccc(-c3c4ccc(N(c5ccccc5)c5ccccc5)cc4c(-c4ccc(-c5ccccc5)cc4)c4ccc(N(c5ccccc5)c5ccccc5)cc34)cc2)C=CC=CC1. The summed E-state index contributed by atoms with van der Waals surface area (Å²) in [7, 11) is 0. The van der Waals surface area contributed by atoms with Gasteiger partial charge >= 0.3 is 0 Å². The highest BCUT2D eigenvalue weighted by Crippen LogP contribution is 2.49. The zero-order chi connectivity index (χ0) is 43.6. The summed E-state index contributed by atoms with van der Waals surface area (Å²) in [6, 6.07) is 86.2. The summed E-state index contributed by atoms with van der Waals surface area (Å²) in [6.07, 6.45) is 9.93. The van der Waals surface area contributed by atoms with E-state index in [4.69, 9.17) is 0 Å². The number of hydrogen-bond acceptors (Lipinski definition) is 2. The molecule has 65 heavy (non-hydrogen) atoms. The van der Waals surface area contributed by atoms with E-state index in [0.717, 1.165) is 40.5 Å². The molecule has 0 saturated carbocycles. The molecule has 0 aliphatic heterocycles. The monoisotopic (exact) mass is 832 g/mol. The second-order valence-electron chi connectivity index (χ2n) is 17.2. The van der Waals surface area contributed by atoms with Crippen molar-refractivity contribution in [1.29, 1.82) is 0 Å². The number of fused-ring (bicyclic) bond motifs is 2. The van der Waals surface area contributed by atoms with Crippen molar-refractivity contribution >= 4 is 55.7 Å². The van der Waals surface area contributed by atoms with Gasteiger partial charge in [0.15, 0.2) is 0 Å². The van der Waals surface area contributed by atoms with Gasteiger partial charge in [-0.1, -0.05) is 195 Å². The van der Waals surface area contributed by atoms with E-state index in [0.29, 0.717) is 0 Å². The minimum absolute atomic E-state index is 0.0561. The van der Waals surface area contributed by atoms with E-state index in [1.165, 1.54) is 60.5 Å². The van der Waals surface area contributed by atoms with Crippen LogP contribution in [0.3, 0.4) is 0 Å². The Labute approximate surface area is 382 Å². The summed E-state index contributed by atoms with van der Waals surface area (Å²) in [5.74, 6) is 0. The van der Waals surface area contributed by atoms with E-state index in [9.17, 15) is 0 Å². The van der Waals surface area contributed by atoms with Crippen molar-refractivity contribution in [2.45, 2.75) is 18.8 Å². The molecular weight excluding hydrogens is 785 g/mol. The Balaban J connectivity index is 1.21.